The van der Waals surface area contributed by atoms with Gasteiger partial charge < -0.3 is 0 Å². The van der Waals surface area contributed by atoms with Crippen molar-refractivity contribution in [3.63, 3.8) is 0 Å². The first-order valence-electron chi connectivity index (χ1n) is 3.95. The molecule has 0 amide bonds. The Balaban J connectivity index is 3.98. The van der Waals surface area contributed by atoms with Gasteiger partial charge in [-0.05, 0) is 0 Å². The third-order valence-electron chi connectivity index (χ3n) is 1.64. The van der Waals surface area contributed by atoms with Crippen molar-refractivity contribution in [3.05, 3.63) is 0 Å². The van der Waals surface area contributed by atoms with Crippen molar-refractivity contribution in [2.45, 2.75) is 50.5 Å². The normalized spacial score (nSPS) is 15.1. The van der Waals surface area contributed by atoms with E-state index in [1.165, 1.54) is 24.4 Å². The summed E-state index contributed by atoms with van der Waals surface area (Å²) in [5, 5.41) is 0. The molecule has 1 atom stereocenters. The molecule has 1 nitrogen and oxygen atoms in total. The van der Waals surface area contributed by atoms with Crippen LogP contribution in [0.2, 0.25) is 0 Å². The molecule has 0 aliphatic heterocycles. The number of hydrogen-bond donors (Lipinski definition) is 0. The Morgan fingerprint density at radius 2 is 1.20 bits per heavy atom. The van der Waals surface area contributed by atoms with E-state index in [2.05, 4.69) is 39.5 Å². The summed E-state index contributed by atoms with van der Waals surface area (Å²) in [4.78, 5) is 2.56. The SMILES string of the molecule is CC(C)N(C(C)C)[CH](C)[Hf]. The second kappa shape index (κ2) is 4.66. The van der Waals surface area contributed by atoms with E-state index in [9.17, 15) is 0 Å². The fourth-order valence-electron chi connectivity index (χ4n) is 1.49. The van der Waals surface area contributed by atoms with Crippen LogP contribution in [0.15, 0.2) is 0 Å². The molecule has 59 valence electrons. The van der Waals surface area contributed by atoms with Crippen LogP contribution in [-0.4, -0.2) is 20.8 Å². The maximum absolute atomic E-state index is 2.56. The predicted molar refractivity (Wildman–Crippen MR) is 41.6 cm³/mol. The van der Waals surface area contributed by atoms with Gasteiger partial charge in [-0.25, -0.2) is 0 Å². The summed E-state index contributed by atoms with van der Waals surface area (Å²) in [5.74, 6) is 0. The minimum atomic E-state index is 0.701. The zero-order valence-electron chi connectivity index (χ0n) is 7.68. The van der Waals surface area contributed by atoms with E-state index in [4.69, 9.17) is 0 Å². The first-order chi connectivity index (χ1) is 4.46. The maximum atomic E-state index is 2.56. The van der Waals surface area contributed by atoms with Crippen molar-refractivity contribution < 1.29 is 24.4 Å². The molecule has 0 aromatic heterocycles. The van der Waals surface area contributed by atoms with Gasteiger partial charge in [0.15, 0.2) is 0 Å². The number of rotatable bonds is 3. The van der Waals surface area contributed by atoms with Crippen LogP contribution < -0.4 is 0 Å². The summed E-state index contributed by atoms with van der Waals surface area (Å²) in [6, 6.07) is 1.40. The van der Waals surface area contributed by atoms with E-state index < -0.39 is 0 Å². The van der Waals surface area contributed by atoms with Crippen molar-refractivity contribution in [1.29, 1.82) is 0 Å². The van der Waals surface area contributed by atoms with Crippen LogP contribution in [0.3, 0.4) is 0 Å². The molecule has 0 saturated carbocycles. The van der Waals surface area contributed by atoms with Crippen molar-refractivity contribution in [1.82, 2.24) is 4.90 Å². The summed E-state index contributed by atoms with van der Waals surface area (Å²) in [6.07, 6.45) is 0. The summed E-state index contributed by atoms with van der Waals surface area (Å²) >= 11 is 1.27. The molecular formula is C8H18HfN. The van der Waals surface area contributed by atoms with Crippen LogP contribution in [0.5, 0.6) is 0 Å². The van der Waals surface area contributed by atoms with Crippen LogP contribution in [0.1, 0.15) is 34.6 Å². The van der Waals surface area contributed by atoms with Crippen LogP contribution in [0.4, 0.5) is 0 Å². The van der Waals surface area contributed by atoms with Crippen LogP contribution in [0, 0.1) is 0 Å². The topological polar surface area (TPSA) is 3.24 Å². The van der Waals surface area contributed by atoms with Gasteiger partial charge in [-0.1, -0.05) is 0 Å². The van der Waals surface area contributed by atoms with Crippen molar-refractivity contribution in [3.8, 4) is 0 Å². The van der Waals surface area contributed by atoms with Gasteiger partial charge in [-0.2, -0.15) is 0 Å². The molecule has 0 aromatic carbocycles. The fraction of sp³-hybridized carbons (Fsp3) is 1.00. The molecule has 1 unspecified atom stereocenters. The zero-order valence-corrected chi connectivity index (χ0v) is 11.3. The standard InChI is InChI=1S/C8H18N.Hf/c1-6-9(7(2)3)8(4)5;/h6-8H,1-5H3;. The average Bonchev–Trinajstić information content (AvgIpc) is 1.59. The third kappa shape index (κ3) is 3.29. The molecule has 2 heteroatoms. The van der Waals surface area contributed by atoms with E-state index >= 15 is 0 Å². The molecule has 0 spiro atoms. The molecule has 10 heavy (non-hydrogen) atoms. The Morgan fingerprint density at radius 3 is 1.20 bits per heavy atom. The number of hydrogen-bond acceptors (Lipinski definition) is 1. The second-order valence-corrected chi connectivity index (χ2v) is 6.31. The van der Waals surface area contributed by atoms with E-state index in [1.54, 1.807) is 0 Å². The number of nitrogens with zero attached hydrogens (tertiary/aromatic N) is 1. The van der Waals surface area contributed by atoms with Gasteiger partial charge in [0.05, 0.1) is 0 Å². The summed E-state index contributed by atoms with van der Waals surface area (Å²) in [7, 11) is 0. The molecule has 0 aromatic rings. The molecule has 0 aliphatic carbocycles. The van der Waals surface area contributed by atoms with Crippen molar-refractivity contribution >= 4 is 0 Å². The quantitative estimate of drug-likeness (QED) is 0.721. The monoisotopic (exact) mass is 308 g/mol. The van der Waals surface area contributed by atoms with E-state index in [0.29, 0.717) is 12.1 Å². The summed E-state index contributed by atoms with van der Waals surface area (Å²) < 4.78 is 0.806. The Labute approximate surface area is 79.7 Å². The van der Waals surface area contributed by atoms with Gasteiger partial charge in [-0.3, -0.25) is 0 Å². The van der Waals surface area contributed by atoms with E-state index in [0.717, 1.165) is 3.80 Å². The summed E-state index contributed by atoms with van der Waals surface area (Å²) in [6.45, 7) is 11.4. The Morgan fingerprint density at radius 1 is 0.900 bits per heavy atom. The molecule has 0 aliphatic rings. The van der Waals surface area contributed by atoms with Gasteiger partial charge in [0.2, 0.25) is 0 Å². The third-order valence-corrected chi connectivity index (χ3v) is 2.71. The molecule has 0 radical (unpaired) electrons. The van der Waals surface area contributed by atoms with E-state index in [-0.39, 0.29) is 0 Å². The van der Waals surface area contributed by atoms with Gasteiger partial charge in [0.1, 0.15) is 0 Å². The predicted octanol–water partition coefficient (Wildman–Crippen LogP) is 2.00. The van der Waals surface area contributed by atoms with Gasteiger partial charge in [0, 0.05) is 0 Å². The van der Waals surface area contributed by atoms with Crippen LogP contribution >= 0.6 is 0 Å². The molecule has 0 bridgehead atoms. The Kier molecular flexibility index (Phi) is 5.04. The minimum absolute atomic E-state index is 0.701. The molecular weight excluding hydrogens is 289 g/mol. The van der Waals surface area contributed by atoms with Gasteiger partial charge >= 0.3 is 79.8 Å². The van der Waals surface area contributed by atoms with Crippen molar-refractivity contribution in [2.24, 2.45) is 0 Å². The van der Waals surface area contributed by atoms with E-state index in [1.807, 2.05) is 0 Å². The summed E-state index contributed by atoms with van der Waals surface area (Å²) in [5.41, 5.74) is 0. The van der Waals surface area contributed by atoms with Crippen molar-refractivity contribution in [2.75, 3.05) is 0 Å². The van der Waals surface area contributed by atoms with Gasteiger partial charge in [0.25, 0.3) is 0 Å². The fourth-order valence-corrected chi connectivity index (χ4v) is 3.63. The zero-order chi connectivity index (χ0) is 8.31. The molecule has 0 heterocycles. The molecule has 0 fully saturated rings. The van der Waals surface area contributed by atoms with Gasteiger partial charge in [-0.15, -0.1) is 0 Å². The Hall–Kier alpha value is 0.830. The first-order valence-corrected chi connectivity index (χ1v) is 6.02. The Bertz CT molecular complexity index is 70.2. The molecule has 0 rings (SSSR count). The first kappa shape index (κ1) is 10.8. The van der Waals surface area contributed by atoms with Crippen LogP contribution in [0.25, 0.3) is 0 Å². The molecule has 0 N–H and O–H groups in total. The molecule has 0 saturated heterocycles. The average molecular weight is 307 g/mol. The van der Waals surface area contributed by atoms with Crippen LogP contribution in [-0.2, 0) is 24.4 Å². The second-order valence-electron chi connectivity index (χ2n) is 3.31.